The predicted molar refractivity (Wildman–Crippen MR) is 77.1 cm³/mol. The summed E-state index contributed by atoms with van der Waals surface area (Å²) in [5, 5.41) is 0. The standard InChI is InChI=1S/C14H23NOS/c1-10(2)13-7-12(8-15(4)9-17)11(3)6-14(13)16-5/h6-7,10,17H,8-9H2,1-5H3. The van der Waals surface area contributed by atoms with Gasteiger partial charge in [0, 0.05) is 12.4 Å². The van der Waals surface area contributed by atoms with Crippen LogP contribution in [0.2, 0.25) is 0 Å². The maximum Gasteiger partial charge on any atom is 0.122 e. The van der Waals surface area contributed by atoms with Crippen molar-refractivity contribution in [2.45, 2.75) is 33.2 Å². The van der Waals surface area contributed by atoms with Gasteiger partial charge in [-0.05, 0) is 42.6 Å². The fourth-order valence-corrected chi connectivity index (χ4v) is 1.98. The third-order valence-electron chi connectivity index (χ3n) is 2.99. The molecule has 1 aromatic carbocycles. The minimum atomic E-state index is 0.477. The number of ether oxygens (including phenoxy) is 1. The second-order valence-electron chi connectivity index (χ2n) is 4.83. The summed E-state index contributed by atoms with van der Waals surface area (Å²) in [7, 11) is 3.81. The molecule has 0 saturated carbocycles. The zero-order valence-corrected chi connectivity index (χ0v) is 12.3. The van der Waals surface area contributed by atoms with Crippen LogP contribution >= 0.6 is 12.6 Å². The maximum absolute atomic E-state index is 5.45. The van der Waals surface area contributed by atoms with E-state index in [1.165, 1.54) is 16.7 Å². The summed E-state index contributed by atoms with van der Waals surface area (Å²) in [4.78, 5) is 2.18. The first-order chi connectivity index (χ1) is 7.99. The lowest BCUT2D eigenvalue weighted by Crippen LogP contribution is -2.16. The van der Waals surface area contributed by atoms with Gasteiger partial charge in [-0.1, -0.05) is 19.9 Å². The van der Waals surface area contributed by atoms with Gasteiger partial charge in [0.1, 0.15) is 5.75 Å². The van der Waals surface area contributed by atoms with E-state index >= 15 is 0 Å². The van der Waals surface area contributed by atoms with Gasteiger partial charge in [-0.15, -0.1) is 0 Å². The van der Waals surface area contributed by atoms with Crippen molar-refractivity contribution < 1.29 is 4.74 Å². The summed E-state index contributed by atoms with van der Waals surface area (Å²) < 4.78 is 5.45. The first kappa shape index (κ1) is 14.4. The van der Waals surface area contributed by atoms with E-state index in [-0.39, 0.29) is 0 Å². The van der Waals surface area contributed by atoms with E-state index < -0.39 is 0 Å². The van der Waals surface area contributed by atoms with Gasteiger partial charge in [-0.2, -0.15) is 12.6 Å². The molecular formula is C14H23NOS. The Bertz CT molecular complexity index is 377. The molecule has 17 heavy (non-hydrogen) atoms. The average Bonchev–Trinajstić information content (AvgIpc) is 2.30. The highest BCUT2D eigenvalue weighted by Crippen LogP contribution is 2.30. The van der Waals surface area contributed by atoms with Gasteiger partial charge in [0.25, 0.3) is 0 Å². The van der Waals surface area contributed by atoms with Crippen molar-refractivity contribution >= 4 is 12.6 Å². The third kappa shape index (κ3) is 3.65. The van der Waals surface area contributed by atoms with Crippen LogP contribution in [0, 0.1) is 6.92 Å². The van der Waals surface area contributed by atoms with Crippen molar-refractivity contribution in [3.63, 3.8) is 0 Å². The Hall–Kier alpha value is -0.670. The largest absolute Gasteiger partial charge is 0.496 e. The lowest BCUT2D eigenvalue weighted by molar-refractivity contribution is 0.383. The molecule has 0 radical (unpaired) electrons. The molecule has 0 aromatic heterocycles. The van der Waals surface area contributed by atoms with E-state index in [1.807, 2.05) is 0 Å². The van der Waals surface area contributed by atoms with Gasteiger partial charge in [0.2, 0.25) is 0 Å². The topological polar surface area (TPSA) is 12.5 Å². The Morgan fingerprint density at radius 2 is 2.00 bits per heavy atom. The normalized spacial score (nSPS) is 11.3. The van der Waals surface area contributed by atoms with E-state index in [2.05, 4.69) is 57.5 Å². The van der Waals surface area contributed by atoms with Crippen molar-refractivity contribution in [1.82, 2.24) is 4.90 Å². The van der Waals surface area contributed by atoms with Gasteiger partial charge in [0.15, 0.2) is 0 Å². The van der Waals surface area contributed by atoms with E-state index in [9.17, 15) is 0 Å². The van der Waals surface area contributed by atoms with E-state index in [0.29, 0.717) is 5.92 Å². The molecule has 0 bridgehead atoms. The quantitative estimate of drug-likeness (QED) is 0.637. The summed E-state index contributed by atoms with van der Waals surface area (Å²) in [5.41, 5.74) is 3.91. The van der Waals surface area contributed by atoms with Gasteiger partial charge < -0.3 is 4.74 Å². The molecule has 0 fully saturated rings. The van der Waals surface area contributed by atoms with E-state index in [1.54, 1.807) is 7.11 Å². The van der Waals surface area contributed by atoms with Crippen LogP contribution in [0.15, 0.2) is 12.1 Å². The smallest absolute Gasteiger partial charge is 0.122 e. The molecule has 1 aromatic rings. The van der Waals surface area contributed by atoms with Crippen LogP contribution in [-0.2, 0) is 6.54 Å². The Kier molecular flexibility index (Phi) is 5.34. The van der Waals surface area contributed by atoms with Crippen molar-refractivity contribution in [2.75, 3.05) is 20.0 Å². The van der Waals surface area contributed by atoms with Crippen molar-refractivity contribution in [1.29, 1.82) is 0 Å². The number of nitrogens with zero attached hydrogens (tertiary/aromatic N) is 1. The van der Waals surface area contributed by atoms with Gasteiger partial charge >= 0.3 is 0 Å². The van der Waals surface area contributed by atoms with Gasteiger partial charge in [-0.25, -0.2) is 0 Å². The molecule has 0 spiro atoms. The molecule has 0 N–H and O–H groups in total. The Morgan fingerprint density at radius 3 is 2.47 bits per heavy atom. The number of aryl methyl sites for hydroxylation is 1. The third-order valence-corrected chi connectivity index (χ3v) is 3.47. The summed E-state index contributed by atoms with van der Waals surface area (Å²) in [5.74, 6) is 2.24. The number of hydrogen-bond donors (Lipinski definition) is 1. The second-order valence-corrected chi connectivity index (χ2v) is 5.11. The molecular weight excluding hydrogens is 230 g/mol. The molecule has 0 unspecified atom stereocenters. The fourth-order valence-electron chi connectivity index (χ4n) is 1.88. The summed E-state index contributed by atoms with van der Waals surface area (Å²) in [6.45, 7) is 7.45. The van der Waals surface area contributed by atoms with Crippen molar-refractivity contribution in [2.24, 2.45) is 0 Å². The Balaban J connectivity index is 3.10. The Labute approximate surface area is 110 Å². The summed E-state index contributed by atoms with van der Waals surface area (Å²) in [6, 6.07) is 4.40. The van der Waals surface area contributed by atoms with E-state index in [0.717, 1.165) is 18.2 Å². The summed E-state index contributed by atoms with van der Waals surface area (Å²) in [6.07, 6.45) is 0. The molecule has 96 valence electrons. The molecule has 3 heteroatoms. The fraction of sp³-hybridized carbons (Fsp3) is 0.571. The molecule has 0 amide bonds. The number of benzene rings is 1. The zero-order chi connectivity index (χ0) is 13.0. The predicted octanol–water partition coefficient (Wildman–Crippen LogP) is 3.45. The molecule has 0 aliphatic rings. The van der Waals surface area contributed by atoms with Crippen LogP contribution in [0.5, 0.6) is 5.75 Å². The highest BCUT2D eigenvalue weighted by molar-refractivity contribution is 7.80. The van der Waals surface area contributed by atoms with Crippen LogP contribution in [0.25, 0.3) is 0 Å². The first-order valence-electron chi connectivity index (χ1n) is 5.96. The molecule has 0 atom stereocenters. The minimum absolute atomic E-state index is 0.477. The minimum Gasteiger partial charge on any atom is -0.496 e. The molecule has 0 aliphatic carbocycles. The zero-order valence-electron chi connectivity index (χ0n) is 11.4. The van der Waals surface area contributed by atoms with E-state index in [4.69, 9.17) is 4.74 Å². The number of hydrogen-bond acceptors (Lipinski definition) is 3. The van der Waals surface area contributed by atoms with Crippen molar-refractivity contribution in [3.05, 3.63) is 28.8 Å². The molecule has 0 heterocycles. The van der Waals surface area contributed by atoms with Crippen LogP contribution in [0.4, 0.5) is 0 Å². The number of rotatable bonds is 5. The lowest BCUT2D eigenvalue weighted by Gasteiger charge is -2.19. The lowest BCUT2D eigenvalue weighted by atomic mass is 9.96. The van der Waals surface area contributed by atoms with Crippen molar-refractivity contribution in [3.8, 4) is 5.75 Å². The SMILES string of the molecule is COc1cc(C)c(CN(C)CS)cc1C(C)C. The second kappa shape index (κ2) is 6.31. The van der Waals surface area contributed by atoms with Crippen LogP contribution in [0.3, 0.4) is 0 Å². The van der Waals surface area contributed by atoms with Gasteiger partial charge in [-0.3, -0.25) is 4.90 Å². The Morgan fingerprint density at radius 1 is 1.35 bits per heavy atom. The first-order valence-corrected chi connectivity index (χ1v) is 6.59. The van der Waals surface area contributed by atoms with Crippen LogP contribution in [0.1, 0.15) is 36.5 Å². The monoisotopic (exact) mass is 253 g/mol. The molecule has 1 rings (SSSR count). The highest BCUT2D eigenvalue weighted by atomic mass is 32.1. The maximum atomic E-state index is 5.45. The highest BCUT2D eigenvalue weighted by Gasteiger charge is 2.11. The summed E-state index contributed by atoms with van der Waals surface area (Å²) >= 11 is 4.29. The van der Waals surface area contributed by atoms with Crippen LogP contribution in [-0.4, -0.2) is 24.9 Å². The molecule has 2 nitrogen and oxygen atoms in total. The number of thiol groups is 1. The molecule has 0 aliphatic heterocycles. The number of methoxy groups -OCH3 is 1. The average molecular weight is 253 g/mol. The molecule has 0 saturated heterocycles. The van der Waals surface area contributed by atoms with Crippen LogP contribution < -0.4 is 4.74 Å². The van der Waals surface area contributed by atoms with Gasteiger partial charge in [0.05, 0.1) is 7.11 Å².